The van der Waals surface area contributed by atoms with Gasteiger partial charge in [0.1, 0.15) is 0 Å². The van der Waals surface area contributed by atoms with Crippen LogP contribution in [0.3, 0.4) is 0 Å². The summed E-state index contributed by atoms with van der Waals surface area (Å²) in [5.74, 6) is 3.72. The Labute approximate surface area is 148 Å². The molecule has 0 aliphatic rings. The molecule has 0 amide bonds. The molecule has 0 bridgehead atoms. The van der Waals surface area contributed by atoms with Gasteiger partial charge in [0, 0.05) is 0 Å². The van der Waals surface area contributed by atoms with Gasteiger partial charge < -0.3 is 18.4 Å². The van der Waals surface area contributed by atoms with Gasteiger partial charge in [0.15, 0.2) is 0 Å². The topological polar surface area (TPSA) is 0 Å². The Bertz CT molecular complexity index is 129. The summed E-state index contributed by atoms with van der Waals surface area (Å²) in [6.45, 7) is 18.5. The van der Waals surface area contributed by atoms with E-state index in [4.69, 9.17) is 0 Å². The molecule has 0 aliphatic heterocycles. The van der Waals surface area contributed by atoms with Crippen molar-refractivity contribution in [1.29, 1.82) is 0 Å². The van der Waals surface area contributed by atoms with E-state index in [0.29, 0.717) is 0 Å². The van der Waals surface area contributed by atoms with E-state index in [-0.39, 0.29) is 18.4 Å². The van der Waals surface area contributed by atoms with Gasteiger partial charge in [-0.05, 0) is 0 Å². The van der Waals surface area contributed by atoms with Crippen molar-refractivity contribution >= 4 is 30.4 Å². The predicted octanol–water partition coefficient (Wildman–Crippen LogP) is 2.79. The number of hydrogen-bond acceptors (Lipinski definition) is 0. The average Bonchev–Trinajstić information content (AvgIpc) is 2.15. The fraction of sp³-hybridized carbons (Fsp3) is 1.00. The molecular formula is C16H37Al2Br. The summed E-state index contributed by atoms with van der Waals surface area (Å²) in [5, 5.41) is 5.94. The normalized spacial score (nSPS) is 9.89. The predicted molar refractivity (Wildman–Crippen MR) is 91.2 cm³/mol. The van der Waals surface area contributed by atoms with Crippen LogP contribution in [0.1, 0.15) is 56.8 Å². The van der Waals surface area contributed by atoms with E-state index >= 15 is 0 Å². The minimum atomic E-state index is 0. The first kappa shape index (κ1) is 25.5. The minimum absolute atomic E-state index is 0. The van der Waals surface area contributed by atoms with Crippen molar-refractivity contribution in [2.75, 3.05) is 0 Å². The van der Waals surface area contributed by atoms with Gasteiger partial charge in [-0.15, -0.1) is 0 Å². The van der Waals surface area contributed by atoms with Crippen LogP contribution in [0.5, 0.6) is 0 Å². The molecule has 0 heterocycles. The molecule has 0 saturated heterocycles. The van der Waals surface area contributed by atoms with E-state index in [2.05, 4.69) is 55.4 Å². The van der Waals surface area contributed by atoms with Gasteiger partial charge in [0.25, 0.3) is 0 Å². The van der Waals surface area contributed by atoms with Crippen LogP contribution in [0.15, 0.2) is 0 Å². The van der Waals surface area contributed by atoms with E-state index in [1.165, 1.54) is 21.1 Å². The second-order valence-electron chi connectivity index (χ2n) is 7.10. The summed E-state index contributed by atoms with van der Waals surface area (Å²) >= 11 is 1.51. The molecule has 0 saturated carbocycles. The average molecular weight is 363 g/mol. The third kappa shape index (κ3) is 32.8. The standard InChI is InChI=1S/4C4H9.2Al.BrH.H/c4*1-4(2)3;;;;/h4*4H,1H2,2-3H3;;;1H;/q;;;;2*+1;;-1/p-1. The van der Waals surface area contributed by atoms with Crippen LogP contribution in [0.25, 0.3) is 0 Å². The van der Waals surface area contributed by atoms with Crippen molar-refractivity contribution in [3.05, 3.63) is 0 Å². The summed E-state index contributed by atoms with van der Waals surface area (Å²) in [7, 11) is 0. The SMILES string of the molecule is CC(C)[CH2][Al+][CH2]C(C)C.CC(C)[CH2][Al+][CH2]C(C)C.[Br-].[H-]. The molecule has 3 heteroatoms. The molecular weight excluding hydrogens is 326 g/mol. The van der Waals surface area contributed by atoms with Crippen LogP contribution < -0.4 is 17.0 Å². The smallest absolute Gasteiger partial charge is 1.00 e. The van der Waals surface area contributed by atoms with Crippen LogP contribution >= 0.6 is 0 Å². The molecule has 0 nitrogen and oxygen atoms in total. The monoisotopic (exact) mass is 362 g/mol. The molecule has 114 valence electrons. The Kier molecular flexibility index (Phi) is 23.6. The zero-order valence-electron chi connectivity index (χ0n) is 15.7. The molecule has 0 unspecified atom stereocenters. The zero-order chi connectivity index (χ0) is 14.6. The number of halogens is 1. The molecule has 0 fully saturated rings. The molecule has 0 spiro atoms. The Morgan fingerprint density at radius 1 is 0.526 bits per heavy atom. The quantitative estimate of drug-likeness (QED) is 0.582. The van der Waals surface area contributed by atoms with Crippen molar-refractivity contribution in [2.24, 2.45) is 23.7 Å². The fourth-order valence-corrected chi connectivity index (χ4v) is 4.58. The zero-order valence-corrected chi connectivity index (χ0v) is 18.6. The van der Waals surface area contributed by atoms with Crippen molar-refractivity contribution < 1.29 is 18.4 Å². The third-order valence-corrected chi connectivity index (χ3v) is 7.66. The Morgan fingerprint density at radius 2 is 0.684 bits per heavy atom. The van der Waals surface area contributed by atoms with Gasteiger partial charge in [0.2, 0.25) is 0 Å². The summed E-state index contributed by atoms with van der Waals surface area (Å²) in [6.07, 6.45) is 0. The van der Waals surface area contributed by atoms with Crippen molar-refractivity contribution in [2.45, 2.75) is 76.5 Å². The summed E-state index contributed by atoms with van der Waals surface area (Å²) in [4.78, 5) is 0. The molecule has 0 aliphatic carbocycles. The van der Waals surface area contributed by atoms with Crippen LogP contribution in [-0.4, -0.2) is 30.4 Å². The minimum Gasteiger partial charge on any atom is -1.00 e. The molecule has 0 radical (unpaired) electrons. The van der Waals surface area contributed by atoms with E-state index in [0.717, 1.165) is 54.1 Å². The van der Waals surface area contributed by atoms with Gasteiger partial charge in [0.05, 0.1) is 0 Å². The van der Waals surface area contributed by atoms with Crippen molar-refractivity contribution in [3.63, 3.8) is 0 Å². The Morgan fingerprint density at radius 3 is 0.789 bits per heavy atom. The largest absolute Gasteiger partial charge is 1.00 e. The summed E-state index contributed by atoms with van der Waals surface area (Å²) in [5.41, 5.74) is 0. The first-order chi connectivity index (χ1) is 8.25. The maximum atomic E-state index is 2.31. The Balaban J connectivity index is -0.000000116. The third-order valence-electron chi connectivity index (χ3n) is 2.55. The summed E-state index contributed by atoms with van der Waals surface area (Å²) < 4.78 is 0. The van der Waals surface area contributed by atoms with Crippen LogP contribution in [-0.2, 0) is 0 Å². The van der Waals surface area contributed by atoms with Gasteiger partial charge in [-0.3, -0.25) is 0 Å². The van der Waals surface area contributed by atoms with E-state index in [1.54, 1.807) is 0 Å². The molecule has 0 aromatic carbocycles. The molecule has 19 heavy (non-hydrogen) atoms. The second kappa shape index (κ2) is 17.6. The van der Waals surface area contributed by atoms with E-state index in [1.807, 2.05) is 0 Å². The first-order valence-corrected chi connectivity index (χ1v) is 11.2. The van der Waals surface area contributed by atoms with Crippen LogP contribution in [0.2, 0.25) is 21.1 Å². The van der Waals surface area contributed by atoms with Crippen molar-refractivity contribution in [1.82, 2.24) is 0 Å². The van der Waals surface area contributed by atoms with E-state index in [9.17, 15) is 0 Å². The van der Waals surface area contributed by atoms with Gasteiger partial charge >= 0.3 is 131 Å². The van der Waals surface area contributed by atoms with E-state index < -0.39 is 0 Å². The maximum Gasteiger partial charge on any atom is -1.00 e. The van der Waals surface area contributed by atoms with Crippen LogP contribution in [0.4, 0.5) is 0 Å². The fourth-order valence-electron chi connectivity index (χ4n) is 1.53. The van der Waals surface area contributed by atoms with Crippen LogP contribution in [0, 0.1) is 23.7 Å². The second-order valence-corrected chi connectivity index (χ2v) is 10.1. The first-order valence-electron chi connectivity index (χ1n) is 7.88. The van der Waals surface area contributed by atoms with Crippen molar-refractivity contribution in [3.8, 4) is 0 Å². The summed E-state index contributed by atoms with van der Waals surface area (Å²) in [6, 6.07) is 0. The van der Waals surface area contributed by atoms with Gasteiger partial charge in [-0.1, -0.05) is 0 Å². The van der Waals surface area contributed by atoms with Gasteiger partial charge in [-0.2, -0.15) is 0 Å². The molecule has 0 aromatic heterocycles. The molecule has 0 N–H and O–H groups in total. The number of rotatable bonds is 8. The Hall–Kier alpha value is 1.54. The maximum absolute atomic E-state index is 2.31. The molecule has 0 aromatic rings. The van der Waals surface area contributed by atoms with Gasteiger partial charge in [-0.25, -0.2) is 0 Å². The number of hydrogen-bond donors (Lipinski definition) is 0. The molecule has 0 rings (SSSR count). The molecule has 0 atom stereocenters.